The van der Waals surface area contributed by atoms with Gasteiger partial charge in [0.25, 0.3) is 0 Å². The van der Waals surface area contributed by atoms with Gasteiger partial charge in [0, 0.05) is 13.1 Å². The smallest absolute Gasteiger partial charge is 0.119 e. The van der Waals surface area contributed by atoms with Crippen molar-refractivity contribution in [3.63, 3.8) is 0 Å². The molecule has 0 aromatic heterocycles. The van der Waals surface area contributed by atoms with Gasteiger partial charge in [-0.1, -0.05) is 123 Å². The molecular weight excluding hydrogens is 717 g/mol. The van der Waals surface area contributed by atoms with E-state index in [2.05, 4.69) is 109 Å². The van der Waals surface area contributed by atoms with Gasteiger partial charge in [-0.2, -0.15) is 0 Å². The fourth-order valence-electron chi connectivity index (χ4n) is 6.81. The molecule has 0 aliphatic rings. The summed E-state index contributed by atoms with van der Waals surface area (Å²) in [5.74, 6) is 2.27. The van der Waals surface area contributed by atoms with Crippen LogP contribution in [0, 0.1) is 0 Å². The third kappa shape index (κ3) is 12.5. The molecule has 0 fully saturated rings. The van der Waals surface area contributed by atoms with Gasteiger partial charge in [0.15, 0.2) is 0 Å². The van der Waals surface area contributed by atoms with Crippen molar-refractivity contribution >= 4 is 22.3 Å². The highest BCUT2D eigenvalue weighted by Gasteiger charge is 2.15. The summed E-state index contributed by atoms with van der Waals surface area (Å²) in [5, 5.41) is 20.1. The van der Waals surface area contributed by atoms with Crippen LogP contribution in [0.1, 0.15) is 60.1 Å². The van der Waals surface area contributed by atoms with E-state index in [0.717, 1.165) is 70.8 Å². The lowest BCUT2D eigenvalue weighted by Crippen LogP contribution is -2.19. The number of phenols is 2. The normalized spacial score (nSPS) is 12.0. The fraction of sp³-hybridized carbons (Fsp3) is 0.231. The highest BCUT2D eigenvalue weighted by molar-refractivity contribution is 5.99. The van der Waals surface area contributed by atoms with Crippen LogP contribution < -0.4 is 9.47 Å². The van der Waals surface area contributed by atoms with Crippen LogP contribution in [0.3, 0.4) is 0 Å². The van der Waals surface area contributed by atoms with Crippen molar-refractivity contribution in [2.75, 3.05) is 54.5 Å². The van der Waals surface area contributed by atoms with Gasteiger partial charge in [0.05, 0.1) is 0 Å². The van der Waals surface area contributed by atoms with Crippen LogP contribution in [0.2, 0.25) is 0 Å². The third-order valence-electron chi connectivity index (χ3n) is 9.73. The summed E-state index contributed by atoms with van der Waals surface area (Å²) in [6, 6.07) is 52.3. The van der Waals surface area contributed by atoms with Crippen LogP contribution in [-0.2, 0) is 0 Å². The Morgan fingerprint density at radius 2 is 0.759 bits per heavy atom. The number of hydrogen-bond acceptors (Lipinski definition) is 6. The molecule has 0 spiro atoms. The zero-order chi connectivity index (χ0) is 41.3. The van der Waals surface area contributed by atoms with Crippen LogP contribution in [0.4, 0.5) is 0 Å². The summed E-state index contributed by atoms with van der Waals surface area (Å²) < 4.78 is 11.7. The number of allylic oxidation sites excluding steroid dienone is 2. The molecule has 0 aliphatic carbocycles. The van der Waals surface area contributed by atoms with E-state index in [1.54, 1.807) is 12.1 Å². The lowest BCUT2D eigenvalue weighted by Gasteiger charge is -2.17. The first kappa shape index (κ1) is 43.1. The van der Waals surface area contributed by atoms with Crippen molar-refractivity contribution in [3.05, 3.63) is 191 Å². The number of hydrogen-bond donors (Lipinski definition) is 2. The zero-order valence-corrected chi connectivity index (χ0v) is 34.9. The minimum absolute atomic E-state index is 0.271. The maximum absolute atomic E-state index is 10.1. The molecule has 0 amide bonds. The number of rotatable bonds is 16. The Morgan fingerprint density at radius 1 is 0.414 bits per heavy atom. The molecule has 300 valence electrons. The van der Waals surface area contributed by atoms with Gasteiger partial charge in [-0.05, 0) is 145 Å². The minimum Gasteiger partial charge on any atom is -0.508 e. The van der Waals surface area contributed by atoms with Crippen LogP contribution in [-0.4, -0.2) is 74.5 Å². The lowest BCUT2D eigenvalue weighted by atomic mass is 9.88. The minimum atomic E-state index is 0.271. The van der Waals surface area contributed by atoms with Crippen LogP contribution in [0.15, 0.2) is 158 Å². The summed E-state index contributed by atoms with van der Waals surface area (Å²) in [7, 11) is 8.15. The summed E-state index contributed by atoms with van der Waals surface area (Å²) in [6.45, 7) is 7.42. The average molecular weight is 775 g/mol. The van der Waals surface area contributed by atoms with E-state index < -0.39 is 0 Å². The largest absolute Gasteiger partial charge is 0.508 e. The molecule has 0 saturated carbocycles. The molecule has 2 N–H and O–H groups in total. The Kier molecular flexibility index (Phi) is 16.3. The van der Waals surface area contributed by atoms with Gasteiger partial charge in [-0.3, -0.25) is 0 Å². The van der Waals surface area contributed by atoms with Crippen LogP contribution in [0.5, 0.6) is 23.0 Å². The van der Waals surface area contributed by atoms with Gasteiger partial charge in [-0.25, -0.2) is 0 Å². The van der Waals surface area contributed by atoms with Crippen molar-refractivity contribution in [2.24, 2.45) is 0 Å². The first-order chi connectivity index (χ1) is 28.2. The molecular formula is C52H58N2O4. The molecule has 6 nitrogen and oxygen atoms in total. The monoisotopic (exact) mass is 774 g/mol. The molecule has 0 heterocycles. The molecule has 6 aromatic rings. The second kappa shape index (κ2) is 22.0. The van der Waals surface area contributed by atoms with Crippen molar-refractivity contribution < 1.29 is 19.7 Å². The molecule has 6 rings (SSSR count). The third-order valence-corrected chi connectivity index (χ3v) is 9.73. The summed E-state index contributed by atoms with van der Waals surface area (Å²) >= 11 is 0. The standard InChI is InChI=1S/2C26H29NO2/c2*1-4-25(20-9-6-5-7-10-20)26(22-11-8-12-23(28)19-22)21-13-15-24(16-14-21)29-18-17-27(2)3/h2*5-16,19,28H,4,17-18H2,1-3H3/b2*26-25+. The van der Waals surface area contributed by atoms with E-state index in [9.17, 15) is 10.2 Å². The van der Waals surface area contributed by atoms with E-state index in [-0.39, 0.29) is 11.5 Å². The highest BCUT2D eigenvalue weighted by Crippen LogP contribution is 2.37. The number of aromatic hydroxyl groups is 2. The Balaban J connectivity index is 0.000000221. The Labute approximate surface area is 346 Å². The molecule has 0 bridgehead atoms. The second-order valence-electron chi connectivity index (χ2n) is 14.6. The number of likely N-dealkylation sites (N-methyl/N-ethyl adjacent to an activating group) is 2. The fourth-order valence-corrected chi connectivity index (χ4v) is 6.81. The van der Waals surface area contributed by atoms with Gasteiger partial charge >= 0.3 is 0 Å². The quantitative estimate of drug-likeness (QED) is 0.0955. The first-order valence-electron chi connectivity index (χ1n) is 20.1. The summed E-state index contributed by atoms with van der Waals surface area (Å²) in [4.78, 5) is 4.20. The molecule has 0 unspecified atom stereocenters. The molecule has 6 aromatic carbocycles. The second-order valence-corrected chi connectivity index (χ2v) is 14.6. The van der Waals surface area contributed by atoms with E-state index in [1.165, 1.54) is 22.3 Å². The highest BCUT2D eigenvalue weighted by atomic mass is 16.5. The first-order valence-corrected chi connectivity index (χ1v) is 20.1. The average Bonchev–Trinajstić information content (AvgIpc) is 3.23. The van der Waals surface area contributed by atoms with E-state index >= 15 is 0 Å². The summed E-state index contributed by atoms with van der Waals surface area (Å²) in [6.07, 6.45) is 1.77. The van der Waals surface area contributed by atoms with Crippen molar-refractivity contribution in [1.82, 2.24) is 9.80 Å². The molecule has 0 aliphatic heterocycles. The van der Waals surface area contributed by atoms with Crippen molar-refractivity contribution in [1.29, 1.82) is 0 Å². The van der Waals surface area contributed by atoms with Gasteiger partial charge in [0.1, 0.15) is 36.2 Å². The maximum atomic E-state index is 10.1. The van der Waals surface area contributed by atoms with E-state index in [1.807, 2.05) is 88.9 Å². The van der Waals surface area contributed by atoms with E-state index in [0.29, 0.717) is 13.2 Å². The number of nitrogens with zero attached hydrogens (tertiary/aromatic N) is 2. The van der Waals surface area contributed by atoms with Crippen molar-refractivity contribution in [2.45, 2.75) is 26.7 Å². The Bertz CT molecular complexity index is 2050. The Morgan fingerprint density at radius 3 is 1.07 bits per heavy atom. The molecule has 0 atom stereocenters. The predicted octanol–water partition coefficient (Wildman–Crippen LogP) is 11.4. The topological polar surface area (TPSA) is 65.4 Å². The maximum Gasteiger partial charge on any atom is 0.119 e. The van der Waals surface area contributed by atoms with Crippen molar-refractivity contribution in [3.8, 4) is 23.0 Å². The summed E-state index contributed by atoms with van der Waals surface area (Å²) in [5.41, 5.74) is 11.4. The van der Waals surface area contributed by atoms with Gasteiger partial charge in [-0.15, -0.1) is 0 Å². The van der Waals surface area contributed by atoms with Crippen LogP contribution in [0.25, 0.3) is 22.3 Å². The van der Waals surface area contributed by atoms with Gasteiger partial charge < -0.3 is 29.5 Å². The zero-order valence-electron chi connectivity index (χ0n) is 34.9. The van der Waals surface area contributed by atoms with E-state index in [4.69, 9.17) is 9.47 Å². The number of phenolic OH excluding ortho intramolecular Hbond substituents is 2. The predicted molar refractivity (Wildman–Crippen MR) is 242 cm³/mol. The lowest BCUT2D eigenvalue weighted by molar-refractivity contribution is 0.261. The van der Waals surface area contributed by atoms with Gasteiger partial charge in [0.2, 0.25) is 0 Å². The molecule has 6 heteroatoms. The number of ether oxygens (including phenoxy) is 2. The molecule has 0 saturated heterocycles. The van der Waals surface area contributed by atoms with Crippen LogP contribution >= 0.6 is 0 Å². The Hall–Kier alpha value is -6.08. The SMILES string of the molecule is CC/C(=C(/c1ccc(OCCN(C)C)cc1)c1cccc(O)c1)c1ccccc1.CC/C(=C(/c1ccc(OCCN(C)C)cc1)c1cccc(O)c1)c1ccccc1. The number of benzene rings is 6. The molecule has 0 radical (unpaired) electrons. The molecule has 58 heavy (non-hydrogen) atoms.